The lowest BCUT2D eigenvalue weighted by Crippen LogP contribution is -2.38. The van der Waals surface area contributed by atoms with Crippen molar-refractivity contribution < 1.29 is 24.2 Å². The van der Waals surface area contributed by atoms with Crippen LogP contribution in [0.3, 0.4) is 0 Å². The zero-order chi connectivity index (χ0) is 24.1. The van der Waals surface area contributed by atoms with Crippen molar-refractivity contribution in [1.29, 1.82) is 0 Å². The number of pyridine rings is 1. The molecule has 1 amide bonds. The number of nitrogens with zero attached hydrogens (tertiary/aromatic N) is 3. The van der Waals surface area contributed by atoms with Crippen LogP contribution in [0.2, 0.25) is 0 Å². The number of aliphatic hydroxyl groups excluding tert-OH is 1. The molecule has 0 aliphatic carbocycles. The van der Waals surface area contributed by atoms with E-state index in [9.17, 15) is 14.7 Å². The number of benzene rings is 1. The molecule has 2 fully saturated rings. The van der Waals surface area contributed by atoms with E-state index in [1.807, 2.05) is 13.8 Å². The Morgan fingerprint density at radius 2 is 1.76 bits per heavy atom. The predicted octanol–water partition coefficient (Wildman–Crippen LogP) is 3.01. The van der Waals surface area contributed by atoms with Gasteiger partial charge in [0.15, 0.2) is 0 Å². The molecule has 34 heavy (non-hydrogen) atoms. The van der Waals surface area contributed by atoms with Gasteiger partial charge in [-0.2, -0.15) is 0 Å². The number of ether oxygens (including phenoxy) is 2. The fraction of sp³-hybridized carbons (Fsp3) is 0.423. The van der Waals surface area contributed by atoms with E-state index in [0.29, 0.717) is 31.1 Å². The number of carbonyl (C=O) groups excluding carboxylic acids is 2. The molecule has 0 radical (unpaired) electrons. The van der Waals surface area contributed by atoms with Gasteiger partial charge in [-0.15, -0.1) is 0 Å². The van der Waals surface area contributed by atoms with Gasteiger partial charge < -0.3 is 19.5 Å². The van der Waals surface area contributed by atoms with Crippen LogP contribution in [0.5, 0.6) is 5.75 Å². The van der Waals surface area contributed by atoms with E-state index in [4.69, 9.17) is 9.47 Å². The highest BCUT2D eigenvalue weighted by molar-refractivity contribution is 6.46. The molecule has 1 atom stereocenters. The van der Waals surface area contributed by atoms with Crippen LogP contribution in [0.1, 0.15) is 37.4 Å². The predicted molar refractivity (Wildman–Crippen MR) is 127 cm³/mol. The Bertz CT molecular complexity index is 1030. The number of aromatic nitrogens is 1. The first-order valence-corrected chi connectivity index (χ1v) is 11.7. The van der Waals surface area contributed by atoms with Gasteiger partial charge in [0.25, 0.3) is 11.7 Å². The summed E-state index contributed by atoms with van der Waals surface area (Å²) in [7, 11) is 0. The van der Waals surface area contributed by atoms with E-state index in [1.54, 1.807) is 53.7 Å². The van der Waals surface area contributed by atoms with Crippen LogP contribution in [0, 0.1) is 0 Å². The second-order valence-electron chi connectivity index (χ2n) is 8.77. The van der Waals surface area contributed by atoms with E-state index >= 15 is 0 Å². The van der Waals surface area contributed by atoms with Crippen molar-refractivity contribution in [2.75, 3.05) is 39.4 Å². The standard InChI is InChI=1S/C26H31N3O5/c1-18(2)34-21-6-4-20(5-7-21)24(30)22-23(19-8-10-27-11-9-19)29(26(32)25(22)31)13-3-12-28-14-16-33-17-15-28/h4-11,18,23,30H,3,12-17H2,1-2H3/t23-/m1/s1. The molecule has 0 unspecified atom stereocenters. The van der Waals surface area contributed by atoms with Gasteiger partial charge in [-0.3, -0.25) is 19.5 Å². The Morgan fingerprint density at radius 3 is 2.41 bits per heavy atom. The first-order valence-electron chi connectivity index (χ1n) is 11.7. The second-order valence-corrected chi connectivity index (χ2v) is 8.77. The lowest BCUT2D eigenvalue weighted by Gasteiger charge is -2.29. The summed E-state index contributed by atoms with van der Waals surface area (Å²) in [5.74, 6) is -0.786. The zero-order valence-corrected chi connectivity index (χ0v) is 19.6. The monoisotopic (exact) mass is 465 g/mol. The molecule has 1 N–H and O–H groups in total. The van der Waals surface area contributed by atoms with Gasteiger partial charge in [0.05, 0.1) is 30.9 Å². The summed E-state index contributed by atoms with van der Waals surface area (Å²) in [5, 5.41) is 11.2. The SMILES string of the molecule is CC(C)Oc1ccc(C(O)=C2C(=O)C(=O)N(CCCN3CCOCC3)[C@@H]2c2ccncc2)cc1. The number of morpholine rings is 1. The second kappa shape index (κ2) is 10.8. The van der Waals surface area contributed by atoms with Crippen molar-refractivity contribution in [3.63, 3.8) is 0 Å². The summed E-state index contributed by atoms with van der Waals surface area (Å²) >= 11 is 0. The number of ketones is 1. The van der Waals surface area contributed by atoms with Gasteiger partial charge in [-0.25, -0.2) is 0 Å². The van der Waals surface area contributed by atoms with Crippen LogP contribution in [0.4, 0.5) is 0 Å². The zero-order valence-electron chi connectivity index (χ0n) is 19.6. The lowest BCUT2D eigenvalue weighted by molar-refractivity contribution is -0.140. The lowest BCUT2D eigenvalue weighted by atomic mass is 9.96. The molecule has 0 saturated carbocycles. The van der Waals surface area contributed by atoms with E-state index < -0.39 is 17.7 Å². The van der Waals surface area contributed by atoms with E-state index in [1.165, 1.54) is 0 Å². The van der Waals surface area contributed by atoms with Crippen molar-refractivity contribution in [2.24, 2.45) is 0 Å². The topological polar surface area (TPSA) is 92.2 Å². The van der Waals surface area contributed by atoms with Crippen LogP contribution in [0.25, 0.3) is 5.76 Å². The molecule has 1 aromatic heterocycles. The van der Waals surface area contributed by atoms with E-state index in [-0.39, 0.29) is 17.4 Å². The van der Waals surface area contributed by atoms with E-state index in [0.717, 1.165) is 31.6 Å². The van der Waals surface area contributed by atoms with Crippen molar-refractivity contribution in [2.45, 2.75) is 32.4 Å². The van der Waals surface area contributed by atoms with Gasteiger partial charge >= 0.3 is 0 Å². The maximum atomic E-state index is 13.1. The first-order chi connectivity index (χ1) is 16.5. The summed E-state index contributed by atoms with van der Waals surface area (Å²) in [4.78, 5) is 34.1. The molecule has 8 nitrogen and oxygen atoms in total. The third-order valence-corrected chi connectivity index (χ3v) is 6.04. The minimum absolute atomic E-state index is 0.0222. The number of amides is 1. The van der Waals surface area contributed by atoms with Gasteiger partial charge in [0.1, 0.15) is 11.5 Å². The fourth-order valence-electron chi connectivity index (χ4n) is 4.41. The molecule has 180 valence electrons. The molecule has 1 aromatic carbocycles. The Hall–Kier alpha value is -3.23. The Labute approximate surface area is 199 Å². The maximum Gasteiger partial charge on any atom is 0.295 e. The van der Waals surface area contributed by atoms with Crippen LogP contribution in [-0.4, -0.2) is 77.1 Å². The molecule has 2 aliphatic rings. The van der Waals surface area contributed by atoms with Crippen molar-refractivity contribution in [3.8, 4) is 5.75 Å². The maximum absolute atomic E-state index is 13.1. The highest BCUT2D eigenvalue weighted by Crippen LogP contribution is 2.39. The number of aliphatic hydroxyl groups is 1. The van der Waals surface area contributed by atoms with Crippen LogP contribution in [0.15, 0.2) is 54.4 Å². The van der Waals surface area contributed by atoms with Crippen molar-refractivity contribution >= 4 is 17.4 Å². The average Bonchev–Trinajstić information content (AvgIpc) is 3.10. The quantitative estimate of drug-likeness (QED) is 0.364. The number of hydrogen-bond acceptors (Lipinski definition) is 7. The van der Waals surface area contributed by atoms with Crippen LogP contribution in [-0.2, 0) is 14.3 Å². The minimum Gasteiger partial charge on any atom is -0.507 e. The fourth-order valence-corrected chi connectivity index (χ4v) is 4.41. The third-order valence-electron chi connectivity index (χ3n) is 6.04. The highest BCUT2D eigenvalue weighted by atomic mass is 16.5. The molecule has 4 rings (SSSR count). The molecule has 8 heteroatoms. The van der Waals surface area contributed by atoms with E-state index in [2.05, 4.69) is 9.88 Å². The molecular weight excluding hydrogens is 434 g/mol. The normalized spacial score (nSPS) is 20.8. The Balaban J connectivity index is 1.62. The van der Waals surface area contributed by atoms with Crippen LogP contribution >= 0.6 is 0 Å². The van der Waals surface area contributed by atoms with Crippen LogP contribution < -0.4 is 4.74 Å². The van der Waals surface area contributed by atoms with Gasteiger partial charge in [0.2, 0.25) is 0 Å². The van der Waals surface area contributed by atoms with Gasteiger partial charge in [-0.1, -0.05) is 0 Å². The largest absolute Gasteiger partial charge is 0.507 e. The summed E-state index contributed by atoms with van der Waals surface area (Å²) in [6.07, 6.45) is 3.99. The van der Waals surface area contributed by atoms with Gasteiger partial charge in [-0.05, 0) is 62.2 Å². The van der Waals surface area contributed by atoms with Gasteiger partial charge in [0, 0.05) is 44.1 Å². The number of hydrogen-bond donors (Lipinski definition) is 1. The first kappa shape index (κ1) is 23.9. The van der Waals surface area contributed by atoms with Crippen molar-refractivity contribution in [3.05, 3.63) is 65.5 Å². The smallest absolute Gasteiger partial charge is 0.295 e. The number of Topliss-reactive ketones (excluding diaryl/α,β-unsaturated/α-hetero) is 1. The molecule has 0 bridgehead atoms. The number of likely N-dealkylation sites (tertiary alicyclic amines) is 1. The molecule has 2 aliphatic heterocycles. The minimum atomic E-state index is -0.673. The third kappa shape index (κ3) is 5.29. The summed E-state index contributed by atoms with van der Waals surface area (Å²) in [5.41, 5.74) is 1.29. The molecule has 3 heterocycles. The number of rotatable bonds is 8. The molecule has 2 saturated heterocycles. The molecule has 0 spiro atoms. The summed E-state index contributed by atoms with van der Waals surface area (Å²) < 4.78 is 11.1. The summed E-state index contributed by atoms with van der Waals surface area (Å²) in [6, 6.07) is 9.77. The molecule has 2 aromatic rings. The molecular formula is C26H31N3O5. The number of carbonyl (C=O) groups is 2. The highest BCUT2D eigenvalue weighted by Gasteiger charge is 2.45. The summed E-state index contributed by atoms with van der Waals surface area (Å²) in [6.45, 7) is 8.24. The van der Waals surface area contributed by atoms with Crippen molar-refractivity contribution in [1.82, 2.24) is 14.8 Å². The average molecular weight is 466 g/mol. The Morgan fingerprint density at radius 1 is 1.09 bits per heavy atom. The Kier molecular flexibility index (Phi) is 7.59.